The third-order valence-electron chi connectivity index (χ3n) is 4.50. The molecule has 0 bridgehead atoms. The maximum absolute atomic E-state index is 12.6. The lowest BCUT2D eigenvalue weighted by Crippen LogP contribution is -2.29. The number of nitrogens with zero attached hydrogens (tertiary/aromatic N) is 4. The second-order valence-corrected chi connectivity index (χ2v) is 6.38. The molecule has 0 aliphatic heterocycles. The predicted octanol–water partition coefficient (Wildman–Crippen LogP) is 2.59. The predicted molar refractivity (Wildman–Crippen MR) is 95.7 cm³/mol. The van der Waals surface area contributed by atoms with E-state index in [4.69, 9.17) is 4.42 Å². The first-order chi connectivity index (χ1) is 12.0. The highest BCUT2D eigenvalue weighted by molar-refractivity contribution is 5.82. The van der Waals surface area contributed by atoms with Crippen LogP contribution in [0, 0.1) is 6.92 Å². The number of amides is 1. The highest BCUT2D eigenvalue weighted by Gasteiger charge is 2.14. The summed E-state index contributed by atoms with van der Waals surface area (Å²) in [4.78, 5) is 26.5. The molecule has 0 spiro atoms. The van der Waals surface area contributed by atoms with Crippen molar-refractivity contribution in [2.45, 2.75) is 46.1 Å². The van der Waals surface area contributed by atoms with E-state index < -0.39 is 0 Å². The van der Waals surface area contributed by atoms with Crippen LogP contribution in [0.4, 0.5) is 0 Å². The minimum Gasteiger partial charge on any atom is -0.463 e. The van der Waals surface area contributed by atoms with E-state index in [0.29, 0.717) is 30.5 Å². The van der Waals surface area contributed by atoms with Gasteiger partial charge in [0.05, 0.1) is 11.8 Å². The summed E-state index contributed by atoms with van der Waals surface area (Å²) in [5.41, 5.74) is 1.90. The van der Waals surface area contributed by atoms with Gasteiger partial charge in [-0.05, 0) is 19.8 Å². The quantitative estimate of drug-likeness (QED) is 0.660. The van der Waals surface area contributed by atoms with E-state index in [1.54, 1.807) is 21.6 Å². The Morgan fingerprint density at radius 2 is 2.12 bits per heavy atom. The summed E-state index contributed by atoms with van der Waals surface area (Å²) in [6, 6.07) is 3.57. The van der Waals surface area contributed by atoms with Gasteiger partial charge in [0.15, 0.2) is 5.58 Å². The van der Waals surface area contributed by atoms with Crippen LogP contribution in [0.1, 0.15) is 38.4 Å². The van der Waals surface area contributed by atoms with Crippen LogP contribution < -0.4 is 5.56 Å². The molecule has 7 heteroatoms. The lowest BCUT2D eigenvalue weighted by molar-refractivity contribution is -0.130. The zero-order valence-corrected chi connectivity index (χ0v) is 15.0. The number of aryl methyl sites for hydroxylation is 2. The second-order valence-electron chi connectivity index (χ2n) is 6.38. The topological polar surface area (TPSA) is 72.8 Å². The molecule has 0 aliphatic carbocycles. The molecule has 7 nitrogen and oxygen atoms in total. The fraction of sp³-hybridized carbons (Fsp3) is 0.500. The van der Waals surface area contributed by atoms with Gasteiger partial charge < -0.3 is 9.32 Å². The molecule has 0 saturated carbocycles. The summed E-state index contributed by atoms with van der Waals surface area (Å²) in [5, 5.41) is 4.39. The molecule has 1 amide bonds. The van der Waals surface area contributed by atoms with Gasteiger partial charge in [0.1, 0.15) is 11.3 Å². The molecule has 0 atom stereocenters. The minimum atomic E-state index is -0.163. The zero-order chi connectivity index (χ0) is 18.0. The molecule has 3 aromatic heterocycles. The maximum atomic E-state index is 12.6. The smallest absolute Gasteiger partial charge is 0.291 e. The van der Waals surface area contributed by atoms with Crippen molar-refractivity contribution in [1.29, 1.82) is 0 Å². The summed E-state index contributed by atoms with van der Waals surface area (Å²) in [5.74, 6) is 0.830. The summed E-state index contributed by atoms with van der Waals surface area (Å²) >= 11 is 0. The normalized spacial score (nSPS) is 11.5. The molecular formula is C18H24N4O3. The van der Waals surface area contributed by atoms with Gasteiger partial charge in [-0.25, -0.2) is 4.68 Å². The van der Waals surface area contributed by atoms with Crippen LogP contribution in [0.2, 0.25) is 0 Å². The first-order valence-corrected chi connectivity index (χ1v) is 8.73. The highest BCUT2D eigenvalue weighted by Crippen LogP contribution is 2.19. The third kappa shape index (κ3) is 3.31. The van der Waals surface area contributed by atoms with Gasteiger partial charge in [-0.3, -0.25) is 14.0 Å². The van der Waals surface area contributed by atoms with Crippen molar-refractivity contribution in [1.82, 2.24) is 19.1 Å². The summed E-state index contributed by atoms with van der Waals surface area (Å²) in [6.07, 6.45) is 4.68. The molecule has 25 heavy (non-hydrogen) atoms. The number of carbonyl (C=O) groups excluding carboxylic acids is 1. The largest absolute Gasteiger partial charge is 0.463 e. The molecule has 0 saturated heterocycles. The third-order valence-corrected chi connectivity index (χ3v) is 4.50. The van der Waals surface area contributed by atoms with Crippen LogP contribution in [0.15, 0.2) is 27.6 Å². The molecule has 0 aromatic carbocycles. The molecule has 0 aliphatic rings. The van der Waals surface area contributed by atoms with Gasteiger partial charge in [0.25, 0.3) is 5.56 Å². The minimum absolute atomic E-state index is 0.111. The van der Waals surface area contributed by atoms with Gasteiger partial charge in [0.2, 0.25) is 5.91 Å². The Balaban J connectivity index is 1.73. The SMILES string of the molecule is CCCCN(C)C(=O)CCCn1nc(C)n2c(cc3occc32)c1=O. The molecule has 0 unspecified atom stereocenters. The average Bonchev–Trinajstić information content (AvgIpc) is 3.17. The van der Waals surface area contributed by atoms with Gasteiger partial charge in [-0.2, -0.15) is 5.10 Å². The number of rotatable bonds is 7. The van der Waals surface area contributed by atoms with Gasteiger partial charge in [-0.15, -0.1) is 0 Å². The van der Waals surface area contributed by atoms with Crippen molar-refractivity contribution in [2.75, 3.05) is 13.6 Å². The van der Waals surface area contributed by atoms with Crippen molar-refractivity contribution in [3.63, 3.8) is 0 Å². The van der Waals surface area contributed by atoms with E-state index in [1.165, 1.54) is 4.68 Å². The summed E-state index contributed by atoms with van der Waals surface area (Å²) in [7, 11) is 1.83. The molecule has 3 aromatic rings. The molecular weight excluding hydrogens is 320 g/mol. The molecule has 0 radical (unpaired) electrons. The fourth-order valence-corrected chi connectivity index (χ4v) is 3.07. The van der Waals surface area contributed by atoms with Crippen LogP contribution in [-0.4, -0.2) is 38.6 Å². The number of furan rings is 1. The Bertz CT molecular complexity index is 950. The van der Waals surface area contributed by atoms with Crippen LogP contribution >= 0.6 is 0 Å². The van der Waals surface area contributed by atoms with Crippen LogP contribution in [-0.2, 0) is 11.3 Å². The van der Waals surface area contributed by atoms with E-state index in [1.807, 2.05) is 20.0 Å². The molecule has 3 heterocycles. The average molecular weight is 344 g/mol. The number of fused-ring (bicyclic) bond motifs is 3. The first kappa shape index (κ1) is 17.3. The lowest BCUT2D eigenvalue weighted by atomic mass is 10.2. The Morgan fingerprint density at radius 3 is 2.88 bits per heavy atom. The standard InChI is InChI=1S/C18H24N4O3/c1-4-5-9-20(3)17(23)7-6-10-21-18(24)15-12-16-14(8-11-25-16)22(15)13(2)19-21/h8,11-12H,4-7,9-10H2,1-3H3. The molecule has 0 N–H and O–H groups in total. The van der Waals surface area contributed by atoms with Crippen molar-refractivity contribution in [3.8, 4) is 0 Å². The van der Waals surface area contributed by atoms with Crippen molar-refractivity contribution >= 4 is 22.5 Å². The first-order valence-electron chi connectivity index (χ1n) is 8.73. The van der Waals surface area contributed by atoms with Gasteiger partial charge in [0, 0.05) is 38.7 Å². The monoisotopic (exact) mass is 344 g/mol. The Morgan fingerprint density at radius 1 is 1.32 bits per heavy atom. The number of hydrogen-bond donors (Lipinski definition) is 0. The van der Waals surface area contributed by atoms with Gasteiger partial charge >= 0.3 is 0 Å². The fourth-order valence-electron chi connectivity index (χ4n) is 3.07. The molecule has 3 rings (SSSR count). The summed E-state index contributed by atoms with van der Waals surface area (Å²) in [6.45, 7) is 5.17. The maximum Gasteiger partial charge on any atom is 0.291 e. The van der Waals surface area contributed by atoms with E-state index >= 15 is 0 Å². The second kappa shape index (κ2) is 7.13. The zero-order valence-electron chi connectivity index (χ0n) is 15.0. The van der Waals surface area contributed by atoms with Crippen molar-refractivity contribution in [3.05, 3.63) is 34.6 Å². The highest BCUT2D eigenvalue weighted by atomic mass is 16.3. The Hall–Kier alpha value is -2.57. The number of hydrogen-bond acceptors (Lipinski definition) is 4. The summed E-state index contributed by atoms with van der Waals surface area (Å²) < 4.78 is 8.63. The Labute approximate surface area is 145 Å². The van der Waals surface area contributed by atoms with E-state index in [0.717, 1.165) is 30.7 Å². The van der Waals surface area contributed by atoms with Crippen LogP contribution in [0.3, 0.4) is 0 Å². The van der Waals surface area contributed by atoms with E-state index in [-0.39, 0.29) is 11.5 Å². The van der Waals surface area contributed by atoms with Crippen molar-refractivity contribution < 1.29 is 9.21 Å². The Kier molecular flexibility index (Phi) is 4.92. The van der Waals surface area contributed by atoms with Crippen LogP contribution in [0.5, 0.6) is 0 Å². The lowest BCUT2D eigenvalue weighted by Gasteiger charge is -2.16. The molecule has 134 valence electrons. The van der Waals surface area contributed by atoms with Crippen molar-refractivity contribution in [2.24, 2.45) is 0 Å². The van der Waals surface area contributed by atoms with E-state index in [9.17, 15) is 9.59 Å². The van der Waals surface area contributed by atoms with Gasteiger partial charge in [-0.1, -0.05) is 13.3 Å². The van der Waals surface area contributed by atoms with E-state index in [2.05, 4.69) is 12.0 Å². The number of aromatic nitrogens is 3. The molecule has 0 fully saturated rings. The van der Waals surface area contributed by atoms with Crippen LogP contribution in [0.25, 0.3) is 16.6 Å². The number of carbonyl (C=O) groups is 1. The number of unbranched alkanes of at least 4 members (excludes halogenated alkanes) is 1.